The van der Waals surface area contributed by atoms with Gasteiger partial charge in [-0.2, -0.15) is 0 Å². The Hall–Kier alpha value is 0.1000. The summed E-state index contributed by atoms with van der Waals surface area (Å²) < 4.78 is 2.09. The van der Waals surface area contributed by atoms with Gasteiger partial charge >= 0.3 is 0 Å². The molecule has 2 nitrogen and oxygen atoms in total. The van der Waals surface area contributed by atoms with Crippen LogP contribution in [0.25, 0.3) is 0 Å². The molecule has 4 heteroatoms. The zero-order valence-electron chi connectivity index (χ0n) is 6.64. The fourth-order valence-corrected chi connectivity index (χ4v) is 1.52. The normalized spacial score (nSPS) is 13.0. The number of hydrogen-bond donors (Lipinski definition) is 2. The third kappa shape index (κ3) is 2.29. The molecule has 1 atom stereocenters. The second kappa shape index (κ2) is 4.37. The van der Waals surface area contributed by atoms with Gasteiger partial charge in [0.05, 0.1) is 0 Å². The summed E-state index contributed by atoms with van der Waals surface area (Å²) in [4.78, 5) is 0. The Kier molecular flexibility index (Phi) is 3.71. The highest BCUT2D eigenvalue weighted by Gasteiger charge is 2.04. The van der Waals surface area contributed by atoms with Crippen LogP contribution < -0.4 is 11.3 Å². The lowest BCUT2D eigenvalue weighted by Crippen LogP contribution is -2.25. The van der Waals surface area contributed by atoms with Crippen molar-refractivity contribution in [1.82, 2.24) is 5.43 Å². The Morgan fingerprint density at radius 1 is 1.33 bits per heavy atom. The average Bonchev–Trinajstić information content (AvgIpc) is 2.08. The fourth-order valence-electron chi connectivity index (χ4n) is 0.878. The summed E-state index contributed by atoms with van der Waals surface area (Å²) in [5.41, 5.74) is 3.85. The Morgan fingerprint density at radius 3 is 2.50 bits per heavy atom. The number of halogens is 2. The van der Waals surface area contributed by atoms with Gasteiger partial charge in [0.2, 0.25) is 0 Å². The van der Waals surface area contributed by atoms with Crippen LogP contribution in [-0.4, -0.2) is 0 Å². The zero-order valence-corrected chi connectivity index (χ0v) is 9.81. The first-order valence-electron chi connectivity index (χ1n) is 3.56. The molecule has 66 valence electrons. The van der Waals surface area contributed by atoms with E-state index in [1.807, 2.05) is 25.1 Å². The van der Waals surface area contributed by atoms with E-state index in [2.05, 4.69) is 37.3 Å². The van der Waals surface area contributed by atoms with E-state index in [1.54, 1.807) is 0 Å². The van der Waals surface area contributed by atoms with Gasteiger partial charge in [0, 0.05) is 15.0 Å². The first-order chi connectivity index (χ1) is 5.65. The molecule has 0 aromatic heterocycles. The largest absolute Gasteiger partial charge is 0.271 e. The Morgan fingerprint density at radius 2 is 2.00 bits per heavy atom. The van der Waals surface area contributed by atoms with Crippen LogP contribution in [0.2, 0.25) is 0 Å². The van der Waals surface area contributed by atoms with Crippen LogP contribution in [-0.2, 0) is 0 Å². The van der Waals surface area contributed by atoms with E-state index < -0.39 is 0 Å². The Labute approximate surface area is 88.8 Å². The minimum Gasteiger partial charge on any atom is -0.271 e. The second-order valence-corrected chi connectivity index (χ2v) is 4.27. The smallest absolute Gasteiger partial charge is 0.0432 e. The van der Waals surface area contributed by atoms with Gasteiger partial charge < -0.3 is 0 Å². The zero-order chi connectivity index (χ0) is 9.14. The molecule has 0 aliphatic rings. The van der Waals surface area contributed by atoms with E-state index in [9.17, 15) is 0 Å². The minimum absolute atomic E-state index is 0.175. The van der Waals surface area contributed by atoms with E-state index in [0.29, 0.717) is 0 Å². The van der Waals surface area contributed by atoms with Crippen LogP contribution in [0.5, 0.6) is 0 Å². The number of nitrogens with two attached hydrogens (primary N) is 1. The maximum absolute atomic E-state index is 5.32. The summed E-state index contributed by atoms with van der Waals surface area (Å²) in [6, 6.07) is 6.23. The molecule has 1 unspecified atom stereocenters. The standard InChI is InChI=1S/C8H10Br2N2/c1-5(12-11)6-2-3-7(9)8(10)4-6/h2-5,12H,11H2,1H3. The monoisotopic (exact) mass is 292 g/mol. The molecule has 3 N–H and O–H groups in total. The van der Waals surface area contributed by atoms with Crippen LogP contribution in [0.4, 0.5) is 0 Å². The number of hydrazine groups is 1. The first-order valence-corrected chi connectivity index (χ1v) is 5.15. The molecule has 0 aliphatic heterocycles. The van der Waals surface area contributed by atoms with E-state index >= 15 is 0 Å². The predicted octanol–water partition coefficient (Wildman–Crippen LogP) is 2.74. The molecular weight excluding hydrogens is 284 g/mol. The maximum Gasteiger partial charge on any atom is 0.0432 e. The SMILES string of the molecule is CC(NN)c1ccc(Br)c(Br)c1. The predicted molar refractivity (Wildman–Crippen MR) is 57.6 cm³/mol. The highest BCUT2D eigenvalue weighted by molar-refractivity contribution is 9.13. The summed E-state index contributed by atoms with van der Waals surface area (Å²) in [7, 11) is 0. The first kappa shape index (κ1) is 10.2. The van der Waals surface area contributed by atoms with Crippen LogP contribution in [0.1, 0.15) is 18.5 Å². The maximum atomic E-state index is 5.32. The van der Waals surface area contributed by atoms with Gasteiger partial charge in [-0.25, -0.2) is 0 Å². The van der Waals surface area contributed by atoms with Crippen LogP contribution in [0.15, 0.2) is 27.1 Å². The van der Waals surface area contributed by atoms with Gasteiger partial charge in [-0.3, -0.25) is 11.3 Å². The van der Waals surface area contributed by atoms with Crippen LogP contribution in [0.3, 0.4) is 0 Å². The highest BCUT2D eigenvalue weighted by atomic mass is 79.9. The molecule has 0 saturated heterocycles. The lowest BCUT2D eigenvalue weighted by atomic mass is 10.1. The van der Waals surface area contributed by atoms with Crippen molar-refractivity contribution in [2.75, 3.05) is 0 Å². The molecule has 0 spiro atoms. The van der Waals surface area contributed by atoms with Crippen LogP contribution >= 0.6 is 31.9 Å². The van der Waals surface area contributed by atoms with E-state index in [4.69, 9.17) is 5.84 Å². The van der Waals surface area contributed by atoms with E-state index in [-0.39, 0.29) is 6.04 Å². The third-order valence-corrected chi connectivity index (χ3v) is 3.57. The van der Waals surface area contributed by atoms with Crippen molar-refractivity contribution in [3.05, 3.63) is 32.7 Å². The second-order valence-electron chi connectivity index (χ2n) is 2.56. The van der Waals surface area contributed by atoms with Crippen molar-refractivity contribution in [2.45, 2.75) is 13.0 Å². The number of rotatable bonds is 2. The highest BCUT2D eigenvalue weighted by Crippen LogP contribution is 2.25. The molecule has 1 aromatic carbocycles. The average molecular weight is 294 g/mol. The summed E-state index contributed by atoms with van der Waals surface area (Å²) in [6.45, 7) is 2.01. The van der Waals surface area contributed by atoms with Gasteiger partial charge in [-0.05, 0) is 56.5 Å². The molecule has 0 fully saturated rings. The van der Waals surface area contributed by atoms with Gasteiger partial charge in [0.15, 0.2) is 0 Å². The summed E-state index contributed by atoms with van der Waals surface area (Å²) in [5, 5.41) is 0. The van der Waals surface area contributed by atoms with Gasteiger partial charge in [-0.1, -0.05) is 6.07 Å². The molecule has 12 heavy (non-hydrogen) atoms. The van der Waals surface area contributed by atoms with Crippen molar-refractivity contribution in [1.29, 1.82) is 0 Å². The quantitative estimate of drug-likeness (QED) is 0.650. The van der Waals surface area contributed by atoms with Crippen molar-refractivity contribution in [3.8, 4) is 0 Å². The van der Waals surface area contributed by atoms with Crippen molar-refractivity contribution >= 4 is 31.9 Å². The molecule has 0 radical (unpaired) electrons. The van der Waals surface area contributed by atoms with Crippen molar-refractivity contribution < 1.29 is 0 Å². The van der Waals surface area contributed by atoms with Crippen LogP contribution in [0, 0.1) is 0 Å². The summed E-state index contributed by atoms with van der Waals surface area (Å²) in [5.74, 6) is 5.32. The van der Waals surface area contributed by atoms with E-state index in [1.165, 1.54) is 0 Å². The minimum atomic E-state index is 0.175. The fraction of sp³-hybridized carbons (Fsp3) is 0.250. The number of nitrogens with one attached hydrogen (secondary N) is 1. The topological polar surface area (TPSA) is 38.0 Å². The summed E-state index contributed by atoms with van der Waals surface area (Å²) in [6.07, 6.45) is 0. The molecule has 0 aliphatic carbocycles. The molecular formula is C8H10Br2N2. The lowest BCUT2D eigenvalue weighted by molar-refractivity contribution is 0.602. The van der Waals surface area contributed by atoms with Gasteiger partial charge in [0.1, 0.15) is 0 Å². The summed E-state index contributed by atoms with van der Waals surface area (Å²) >= 11 is 6.83. The van der Waals surface area contributed by atoms with Crippen molar-refractivity contribution in [2.24, 2.45) is 5.84 Å². The molecule has 0 heterocycles. The number of benzene rings is 1. The molecule has 0 saturated carbocycles. The Bertz CT molecular complexity index is 276. The third-order valence-electron chi connectivity index (χ3n) is 1.69. The lowest BCUT2D eigenvalue weighted by Gasteiger charge is -2.10. The van der Waals surface area contributed by atoms with Gasteiger partial charge in [0.25, 0.3) is 0 Å². The Balaban J connectivity index is 2.96. The van der Waals surface area contributed by atoms with Crippen molar-refractivity contribution in [3.63, 3.8) is 0 Å². The number of hydrogen-bond acceptors (Lipinski definition) is 2. The van der Waals surface area contributed by atoms with E-state index in [0.717, 1.165) is 14.5 Å². The molecule has 0 bridgehead atoms. The molecule has 0 amide bonds. The van der Waals surface area contributed by atoms with Gasteiger partial charge in [-0.15, -0.1) is 0 Å². The molecule has 1 rings (SSSR count). The molecule has 1 aromatic rings.